The molecule has 1 rings (SSSR count). The van der Waals surface area contributed by atoms with Gasteiger partial charge in [-0.1, -0.05) is 46.4 Å². The van der Waals surface area contributed by atoms with Gasteiger partial charge in [-0.2, -0.15) is 0 Å². The van der Waals surface area contributed by atoms with E-state index in [1.807, 2.05) is 0 Å². The molecule has 0 unspecified atom stereocenters. The molecule has 14 heavy (non-hydrogen) atoms. The highest BCUT2D eigenvalue weighted by molar-refractivity contribution is 6.52. The Bertz CT molecular complexity index is 398. The normalized spacial score (nSPS) is 10.0. The SMILES string of the molecule is NC(N)=Nc1cc(Cl)c(Cl)c(Cl)c1Cl. The zero-order valence-corrected chi connectivity index (χ0v) is 9.71. The van der Waals surface area contributed by atoms with Gasteiger partial charge in [0.05, 0.1) is 25.8 Å². The van der Waals surface area contributed by atoms with Gasteiger partial charge in [0.1, 0.15) is 0 Å². The molecule has 0 saturated heterocycles. The molecule has 4 N–H and O–H groups in total. The fourth-order valence-corrected chi connectivity index (χ4v) is 1.61. The number of aliphatic imine (C=N–C) groups is 1. The number of rotatable bonds is 1. The second-order valence-corrected chi connectivity index (χ2v) is 3.90. The molecule has 7 heteroatoms. The van der Waals surface area contributed by atoms with Crippen LogP contribution in [0.3, 0.4) is 0 Å². The topological polar surface area (TPSA) is 64.4 Å². The summed E-state index contributed by atoms with van der Waals surface area (Å²) in [5.74, 6) is -0.138. The average Bonchev–Trinajstić information content (AvgIpc) is 2.10. The lowest BCUT2D eigenvalue weighted by Crippen LogP contribution is -2.21. The predicted octanol–water partition coefficient (Wildman–Crippen LogP) is 3.21. The molecular formula is C7H5Cl4N3. The fourth-order valence-electron chi connectivity index (χ4n) is 0.781. The summed E-state index contributed by atoms with van der Waals surface area (Å²) in [7, 11) is 0. The molecule has 0 spiro atoms. The fraction of sp³-hybridized carbons (Fsp3) is 0. The molecule has 0 saturated carbocycles. The molecule has 0 aromatic heterocycles. The third-order valence-electron chi connectivity index (χ3n) is 1.33. The predicted molar refractivity (Wildman–Crippen MR) is 62.0 cm³/mol. The lowest BCUT2D eigenvalue weighted by Gasteiger charge is -2.05. The van der Waals surface area contributed by atoms with E-state index in [2.05, 4.69) is 4.99 Å². The van der Waals surface area contributed by atoms with Gasteiger partial charge < -0.3 is 11.5 Å². The molecule has 0 bridgehead atoms. The number of nitrogens with two attached hydrogens (primary N) is 2. The molecule has 0 aliphatic rings. The van der Waals surface area contributed by atoms with Crippen LogP contribution in [-0.2, 0) is 0 Å². The van der Waals surface area contributed by atoms with Gasteiger partial charge in [0, 0.05) is 0 Å². The number of nitrogens with zero attached hydrogens (tertiary/aromatic N) is 1. The summed E-state index contributed by atoms with van der Waals surface area (Å²) in [5, 5.41) is 0.698. The van der Waals surface area contributed by atoms with E-state index >= 15 is 0 Å². The van der Waals surface area contributed by atoms with E-state index in [9.17, 15) is 0 Å². The van der Waals surface area contributed by atoms with E-state index < -0.39 is 0 Å². The number of hydrogen-bond donors (Lipinski definition) is 2. The van der Waals surface area contributed by atoms with E-state index in [0.29, 0.717) is 0 Å². The van der Waals surface area contributed by atoms with Crippen LogP contribution < -0.4 is 11.5 Å². The van der Waals surface area contributed by atoms with Gasteiger partial charge in [-0.3, -0.25) is 0 Å². The summed E-state index contributed by atoms with van der Waals surface area (Å²) in [4.78, 5) is 3.73. The molecule has 0 aliphatic heterocycles. The van der Waals surface area contributed by atoms with Crippen LogP contribution >= 0.6 is 46.4 Å². The van der Waals surface area contributed by atoms with Gasteiger partial charge in [0.25, 0.3) is 0 Å². The zero-order valence-electron chi connectivity index (χ0n) is 6.69. The second kappa shape index (κ2) is 4.45. The first-order valence-electron chi connectivity index (χ1n) is 3.36. The molecule has 0 fully saturated rings. The van der Waals surface area contributed by atoms with E-state index in [4.69, 9.17) is 57.9 Å². The van der Waals surface area contributed by atoms with Crippen molar-refractivity contribution in [3.05, 3.63) is 26.2 Å². The first-order valence-corrected chi connectivity index (χ1v) is 4.87. The van der Waals surface area contributed by atoms with Crippen molar-refractivity contribution in [1.82, 2.24) is 0 Å². The standard InChI is InChI=1S/C7H5Cl4N3/c8-2-1-3(14-7(12)13)5(10)6(11)4(2)9/h1H,(H4,12,13,14). The number of benzene rings is 1. The highest BCUT2D eigenvalue weighted by Gasteiger charge is 2.12. The lowest BCUT2D eigenvalue weighted by atomic mass is 10.3. The maximum absolute atomic E-state index is 5.82. The molecule has 1 aromatic carbocycles. The average molecular weight is 273 g/mol. The van der Waals surface area contributed by atoms with Gasteiger partial charge in [-0.15, -0.1) is 0 Å². The number of guanidine groups is 1. The Morgan fingerprint density at radius 2 is 1.57 bits per heavy atom. The van der Waals surface area contributed by atoms with Gasteiger partial charge in [0.15, 0.2) is 5.96 Å². The second-order valence-electron chi connectivity index (χ2n) is 2.36. The Kier molecular flexibility index (Phi) is 3.72. The van der Waals surface area contributed by atoms with Crippen LogP contribution in [0.4, 0.5) is 5.69 Å². The van der Waals surface area contributed by atoms with Crippen LogP contribution in [0.15, 0.2) is 11.1 Å². The number of hydrogen-bond acceptors (Lipinski definition) is 1. The van der Waals surface area contributed by atoms with E-state index in [-0.39, 0.29) is 31.7 Å². The largest absolute Gasteiger partial charge is 0.370 e. The Hall–Kier alpha value is -0.350. The summed E-state index contributed by atoms with van der Waals surface area (Å²) in [6, 6.07) is 1.43. The Labute approximate surface area is 101 Å². The van der Waals surface area contributed by atoms with Crippen LogP contribution in [-0.4, -0.2) is 5.96 Å². The summed E-state index contributed by atoms with van der Waals surface area (Å²) in [6.07, 6.45) is 0. The van der Waals surface area contributed by atoms with Crippen molar-refractivity contribution in [2.75, 3.05) is 0 Å². The van der Waals surface area contributed by atoms with Gasteiger partial charge in [-0.25, -0.2) is 4.99 Å². The molecule has 76 valence electrons. The molecule has 3 nitrogen and oxygen atoms in total. The first-order chi connectivity index (χ1) is 6.43. The van der Waals surface area contributed by atoms with Gasteiger partial charge in [-0.05, 0) is 6.07 Å². The van der Waals surface area contributed by atoms with Gasteiger partial charge >= 0.3 is 0 Å². The molecule has 0 aliphatic carbocycles. The van der Waals surface area contributed by atoms with E-state index in [1.54, 1.807) is 0 Å². The van der Waals surface area contributed by atoms with Crippen LogP contribution in [0.25, 0.3) is 0 Å². The molecule has 0 radical (unpaired) electrons. The van der Waals surface area contributed by atoms with Crippen molar-refractivity contribution in [2.45, 2.75) is 0 Å². The molecular weight excluding hydrogens is 268 g/mol. The third-order valence-corrected chi connectivity index (χ3v) is 3.07. The molecule has 1 aromatic rings. The lowest BCUT2D eigenvalue weighted by molar-refractivity contribution is 1.42. The van der Waals surface area contributed by atoms with E-state index in [0.717, 1.165) is 0 Å². The summed E-state index contributed by atoms with van der Waals surface area (Å²) in [5.41, 5.74) is 10.6. The quantitative estimate of drug-likeness (QED) is 0.357. The minimum Gasteiger partial charge on any atom is -0.370 e. The van der Waals surface area contributed by atoms with Crippen molar-refractivity contribution < 1.29 is 0 Å². The van der Waals surface area contributed by atoms with Crippen LogP contribution in [0, 0.1) is 0 Å². The van der Waals surface area contributed by atoms with Crippen molar-refractivity contribution >= 4 is 58.1 Å². The first kappa shape index (κ1) is 11.7. The minimum absolute atomic E-state index is 0.126. The summed E-state index contributed by atoms with van der Waals surface area (Å²) < 4.78 is 0. The molecule has 0 amide bonds. The Morgan fingerprint density at radius 3 is 2.07 bits per heavy atom. The zero-order chi connectivity index (χ0) is 10.9. The maximum Gasteiger partial charge on any atom is 0.191 e. The van der Waals surface area contributed by atoms with Crippen molar-refractivity contribution in [3.63, 3.8) is 0 Å². The summed E-state index contributed by atoms with van der Waals surface area (Å²) in [6.45, 7) is 0. The molecule has 0 heterocycles. The highest BCUT2D eigenvalue weighted by atomic mass is 35.5. The third kappa shape index (κ3) is 2.36. The monoisotopic (exact) mass is 271 g/mol. The Morgan fingerprint density at radius 1 is 1.00 bits per heavy atom. The van der Waals surface area contributed by atoms with Crippen molar-refractivity contribution in [3.8, 4) is 0 Å². The highest BCUT2D eigenvalue weighted by Crippen LogP contribution is 2.41. The number of halogens is 4. The summed E-state index contributed by atoms with van der Waals surface area (Å²) >= 11 is 23.1. The van der Waals surface area contributed by atoms with Crippen LogP contribution in [0.2, 0.25) is 20.1 Å². The van der Waals surface area contributed by atoms with Crippen molar-refractivity contribution in [2.24, 2.45) is 16.5 Å². The smallest absolute Gasteiger partial charge is 0.191 e. The van der Waals surface area contributed by atoms with Crippen LogP contribution in [0.5, 0.6) is 0 Å². The van der Waals surface area contributed by atoms with Crippen LogP contribution in [0.1, 0.15) is 0 Å². The maximum atomic E-state index is 5.82. The van der Waals surface area contributed by atoms with Gasteiger partial charge in [0.2, 0.25) is 0 Å². The van der Waals surface area contributed by atoms with Crippen molar-refractivity contribution in [1.29, 1.82) is 0 Å². The van der Waals surface area contributed by atoms with E-state index in [1.165, 1.54) is 6.07 Å². The molecule has 0 atom stereocenters. The minimum atomic E-state index is -0.138. The Balaban J connectivity index is 3.41.